The minimum atomic E-state index is -2.94. The molecule has 0 bridgehead atoms. The molecule has 0 aliphatic rings. The van der Waals surface area contributed by atoms with Gasteiger partial charge in [-0.25, -0.2) is 8.42 Å². The number of ether oxygens (including phenoxy) is 1. The summed E-state index contributed by atoms with van der Waals surface area (Å²) in [5.74, 6) is 1.41. The van der Waals surface area contributed by atoms with Crippen LogP contribution in [0.5, 0.6) is 5.75 Å². The van der Waals surface area contributed by atoms with Crippen LogP contribution in [0.15, 0.2) is 24.3 Å². The van der Waals surface area contributed by atoms with Crippen molar-refractivity contribution in [3.8, 4) is 5.75 Å². The van der Waals surface area contributed by atoms with Crippen molar-refractivity contribution in [3.05, 3.63) is 29.8 Å². The molecule has 0 fully saturated rings. The van der Waals surface area contributed by atoms with E-state index < -0.39 is 9.84 Å². The van der Waals surface area contributed by atoms with Gasteiger partial charge in [-0.05, 0) is 30.0 Å². The van der Waals surface area contributed by atoms with Gasteiger partial charge in [-0.1, -0.05) is 26.0 Å². The Bertz CT molecular complexity index is 432. The minimum absolute atomic E-state index is 0.0563. The molecule has 0 atom stereocenters. The van der Waals surface area contributed by atoms with E-state index in [4.69, 9.17) is 4.74 Å². The Kier molecular flexibility index (Phi) is 5.00. The number of rotatable bonds is 6. The summed E-state index contributed by atoms with van der Waals surface area (Å²) in [6, 6.07) is 7.82. The predicted octanol–water partition coefficient (Wildman–Crippen LogP) is 2.31. The van der Waals surface area contributed by atoms with Crippen molar-refractivity contribution < 1.29 is 13.2 Å². The van der Waals surface area contributed by atoms with Crippen molar-refractivity contribution in [1.29, 1.82) is 0 Å². The van der Waals surface area contributed by atoms with Crippen molar-refractivity contribution in [2.24, 2.45) is 5.92 Å². The van der Waals surface area contributed by atoms with E-state index in [-0.39, 0.29) is 12.4 Å². The molecule has 0 aliphatic carbocycles. The average Bonchev–Trinajstić information content (AvgIpc) is 2.18. The Hall–Kier alpha value is -1.03. The van der Waals surface area contributed by atoms with Gasteiger partial charge in [0.25, 0.3) is 0 Å². The normalized spacial score (nSPS) is 11.8. The largest absolute Gasteiger partial charge is 0.493 e. The third kappa shape index (κ3) is 6.31. The van der Waals surface area contributed by atoms with Crippen molar-refractivity contribution >= 4 is 9.84 Å². The van der Waals surface area contributed by atoms with Gasteiger partial charge < -0.3 is 4.74 Å². The monoisotopic (exact) mass is 256 g/mol. The zero-order valence-electron chi connectivity index (χ0n) is 10.6. The first-order valence-electron chi connectivity index (χ1n) is 5.76. The van der Waals surface area contributed by atoms with E-state index in [1.807, 2.05) is 24.3 Å². The van der Waals surface area contributed by atoms with E-state index in [0.29, 0.717) is 5.92 Å². The fourth-order valence-electron chi connectivity index (χ4n) is 1.50. The van der Waals surface area contributed by atoms with Crippen LogP contribution < -0.4 is 4.74 Å². The Morgan fingerprint density at radius 1 is 1.18 bits per heavy atom. The van der Waals surface area contributed by atoms with E-state index in [1.54, 1.807) is 0 Å². The molecule has 1 aromatic rings. The van der Waals surface area contributed by atoms with Gasteiger partial charge in [-0.3, -0.25) is 0 Å². The molecule has 1 aromatic carbocycles. The van der Waals surface area contributed by atoms with E-state index in [0.717, 1.165) is 12.2 Å². The summed E-state index contributed by atoms with van der Waals surface area (Å²) < 4.78 is 27.2. The molecule has 0 spiro atoms. The quantitative estimate of drug-likeness (QED) is 0.784. The fourth-order valence-corrected chi connectivity index (χ4v) is 1.89. The highest BCUT2D eigenvalue weighted by Crippen LogP contribution is 2.14. The lowest BCUT2D eigenvalue weighted by Crippen LogP contribution is -2.12. The second-order valence-electron chi connectivity index (χ2n) is 4.72. The van der Waals surface area contributed by atoms with Gasteiger partial charge in [0.1, 0.15) is 12.4 Å². The predicted molar refractivity (Wildman–Crippen MR) is 70.2 cm³/mol. The van der Waals surface area contributed by atoms with E-state index in [9.17, 15) is 8.42 Å². The van der Waals surface area contributed by atoms with E-state index in [2.05, 4.69) is 13.8 Å². The average molecular weight is 256 g/mol. The molecule has 0 amide bonds. The lowest BCUT2D eigenvalue weighted by molar-refractivity contribution is 0.341. The Balaban J connectivity index is 2.46. The first-order valence-corrected chi connectivity index (χ1v) is 7.82. The third-order valence-electron chi connectivity index (χ3n) is 2.29. The zero-order valence-corrected chi connectivity index (χ0v) is 11.5. The Morgan fingerprint density at radius 2 is 1.76 bits per heavy atom. The summed E-state index contributed by atoms with van der Waals surface area (Å²) in [7, 11) is -2.94. The van der Waals surface area contributed by atoms with Crippen LogP contribution in [0.3, 0.4) is 0 Å². The highest BCUT2D eigenvalue weighted by Gasteiger charge is 2.03. The molecule has 1 rings (SSSR count). The summed E-state index contributed by atoms with van der Waals surface area (Å²) in [6.07, 6.45) is 2.26. The zero-order chi connectivity index (χ0) is 12.9. The van der Waals surface area contributed by atoms with Crippen LogP contribution >= 0.6 is 0 Å². The maximum absolute atomic E-state index is 10.9. The fraction of sp³-hybridized carbons (Fsp3) is 0.538. The van der Waals surface area contributed by atoms with Gasteiger partial charge in [0.05, 0.1) is 5.75 Å². The lowest BCUT2D eigenvalue weighted by atomic mass is 10.0. The standard InChI is InChI=1S/C13H20O3S/c1-11(2)10-12-4-6-13(7-5-12)16-8-9-17(3,14)15/h4-7,11H,8-10H2,1-3H3. The SMILES string of the molecule is CC(C)Cc1ccc(OCCS(C)(=O)=O)cc1. The van der Waals surface area contributed by atoms with Crippen molar-refractivity contribution in [2.75, 3.05) is 18.6 Å². The van der Waals surface area contributed by atoms with Crippen LogP contribution in [-0.4, -0.2) is 27.0 Å². The van der Waals surface area contributed by atoms with Crippen LogP contribution in [0.4, 0.5) is 0 Å². The number of sulfone groups is 1. The molecule has 96 valence electrons. The maximum Gasteiger partial charge on any atom is 0.150 e. The molecule has 0 saturated carbocycles. The molecule has 0 radical (unpaired) electrons. The molecule has 0 aromatic heterocycles. The first kappa shape index (κ1) is 14.0. The van der Waals surface area contributed by atoms with Gasteiger partial charge in [0.2, 0.25) is 0 Å². The Morgan fingerprint density at radius 3 is 2.24 bits per heavy atom. The van der Waals surface area contributed by atoms with Crippen LogP contribution in [0.25, 0.3) is 0 Å². The molecule has 3 nitrogen and oxygen atoms in total. The molecule has 4 heteroatoms. The number of hydrogen-bond donors (Lipinski definition) is 0. The molecule has 0 unspecified atom stereocenters. The van der Waals surface area contributed by atoms with Crippen LogP contribution in [0.1, 0.15) is 19.4 Å². The lowest BCUT2D eigenvalue weighted by Gasteiger charge is -2.08. The molecule has 17 heavy (non-hydrogen) atoms. The number of benzene rings is 1. The summed E-state index contributed by atoms with van der Waals surface area (Å²) >= 11 is 0. The third-order valence-corrected chi connectivity index (χ3v) is 3.20. The second-order valence-corrected chi connectivity index (χ2v) is 6.98. The summed E-state index contributed by atoms with van der Waals surface area (Å²) in [5, 5.41) is 0. The molecule has 0 aliphatic heterocycles. The van der Waals surface area contributed by atoms with Crippen LogP contribution in [0, 0.1) is 5.92 Å². The van der Waals surface area contributed by atoms with Crippen LogP contribution in [-0.2, 0) is 16.3 Å². The van der Waals surface area contributed by atoms with Gasteiger partial charge in [-0.2, -0.15) is 0 Å². The number of hydrogen-bond acceptors (Lipinski definition) is 3. The highest BCUT2D eigenvalue weighted by molar-refractivity contribution is 7.90. The molecule has 0 heterocycles. The maximum atomic E-state index is 10.9. The van der Waals surface area contributed by atoms with Gasteiger partial charge in [0, 0.05) is 6.26 Å². The first-order chi connectivity index (χ1) is 7.87. The van der Waals surface area contributed by atoms with Gasteiger partial charge in [0.15, 0.2) is 9.84 Å². The van der Waals surface area contributed by atoms with Crippen molar-refractivity contribution in [1.82, 2.24) is 0 Å². The summed E-state index contributed by atoms with van der Waals surface area (Å²) in [4.78, 5) is 0. The highest BCUT2D eigenvalue weighted by atomic mass is 32.2. The van der Waals surface area contributed by atoms with Gasteiger partial charge >= 0.3 is 0 Å². The Labute approximate surface area is 104 Å². The topological polar surface area (TPSA) is 43.4 Å². The molecular formula is C13H20O3S. The van der Waals surface area contributed by atoms with Gasteiger partial charge in [-0.15, -0.1) is 0 Å². The second kappa shape index (κ2) is 6.05. The summed E-state index contributed by atoms with van der Waals surface area (Å²) in [5.41, 5.74) is 1.27. The molecule has 0 N–H and O–H groups in total. The minimum Gasteiger partial charge on any atom is -0.493 e. The smallest absolute Gasteiger partial charge is 0.150 e. The van der Waals surface area contributed by atoms with Crippen LogP contribution in [0.2, 0.25) is 0 Å². The van der Waals surface area contributed by atoms with Crippen molar-refractivity contribution in [3.63, 3.8) is 0 Å². The molecular weight excluding hydrogens is 236 g/mol. The van der Waals surface area contributed by atoms with Crippen molar-refractivity contribution in [2.45, 2.75) is 20.3 Å². The molecule has 0 saturated heterocycles. The van der Waals surface area contributed by atoms with E-state index in [1.165, 1.54) is 11.8 Å². The van der Waals surface area contributed by atoms with E-state index >= 15 is 0 Å². The summed E-state index contributed by atoms with van der Waals surface area (Å²) in [6.45, 7) is 4.56.